The van der Waals surface area contributed by atoms with E-state index in [1.54, 1.807) is 0 Å². The molecule has 0 amide bonds. The summed E-state index contributed by atoms with van der Waals surface area (Å²) in [5.41, 5.74) is -2.99. The summed E-state index contributed by atoms with van der Waals surface area (Å²) in [5.74, 6) is -4.44. The maximum Gasteiger partial charge on any atom is 1.00 e. The summed E-state index contributed by atoms with van der Waals surface area (Å²) in [6, 6.07) is 6.54. The maximum atomic E-state index is 12.6. The van der Waals surface area contributed by atoms with Crippen LogP contribution in [0.1, 0.15) is 58.4 Å². The zero-order valence-corrected chi connectivity index (χ0v) is 23.8. The van der Waals surface area contributed by atoms with E-state index in [1.807, 2.05) is 13.8 Å². The Bertz CT molecular complexity index is 843. The Morgan fingerprint density at radius 1 is 1.10 bits per heavy atom. The minimum absolute atomic E-state index is 0. The first-order chi connectivity index (χ1) is 13.5. The summed E-state index contributed by atoms with van der Waals surface area (Å²) < 4.78 is 32.1. The molecule has 0 aliphatic rings. The Labute approximate surface area is 229 Å². The summed E-state index contributed by atoms with van der Waals surface area (Å²) in [7, 11) is -5.51. The number of aliphatic carboxylic acids is 2. The molecule has 0 heterocycles. The molecule has 0 aliphatic carbocycles. The van der Waals surface area contributed by atoms with Gasteiger partial charge in [-0.1, -0.05) is 82.0 Å². The number of hydrogen-bond donors (Lipinski definition) is 1. The molecule has 0 aromatic heterocycles. The van der Waals surface area contributed by atoms with Crippen LogP contribution >= 0.6 is 0 Å². The van der Waals surface area contributed by atoms with Crippen LogP contribution in [0.3, 0.4) is 0 Å². The Morgan fingerprint density at radius 2 is 1.65 bits per heavy atom. The van der Waals surface area contributed by atoms with Gasteiger partial charge in [-0.15, -0.1) is 0 Å². The van der Waals surface area contributed by atoms with Crippen LogP contribution in [0.5, 0.6) is 0 Å². The normalized spacial score (nSPS) is 16.3. The van der Waals surface area contributed by atoms with Crippen LogP contribution in [0, 0.1) is 11.3 Å². The maximum absolute atomic E-state index is 12.6. The summed E-state index contributed by atoms with van der Waals surface area (Å²) in [5, 5.41) is 24.9. The standard InChI is InChI=1S/C21H30O7S.2Na/c1-4-7-11-16(6-3)15-20(14-5-2,18(22)23)21(19(24)25,29(26,27)28)17-12-9-8-10-13-17;;/h5,8-10,12-14,16H,4,6-7,11,15H2,1-3H3,(H,22,23)(H,24,25)(H,26,27,28);;/q;2*+1/p-2. The Balaban J connectivity index is 0. The van der Waals surface area contributed by atoms with Crippen molar-refractivity contribution in [3.63, 3.8) is 0 Å². The second-order valence-electron chi connectivity index (χ2n) is 7.19. The molecule has 0 radical (unpaired) electrons. The van der Waals surface area contributed by atoms with Crippen LogP contribution in [-0.2, 0) is 24.5 Å². The first-order valence-electron chi connectivity index (χ1n) is 9.64. The van der Waals surface area contributed by atoms with Crippen molar-refractivity contribution >= 4 is 22.1 Å². The molecule has 1 rings (SSSR count). The molecule has 1 aromatic rings. The van der Waals surface area contributed by atoms with Gasteiger partial charge in [-0.05, 0) is 24.8 Å². The van der Waals surface area contributed by atoms with E-state index < -0.39 is 37.8 Å². The van der Waals surface area contributed by atoms with Crippen LogP contribution in [-0.4, -0.2) is 24.9 Å². The molecule has 1 N–H and O–H groups in total. The second-order valence-corrected chi connectivity index (χ2v) is 8.75. The fourth-order valence-electron chi connectivity index (χ4n) is 4.02. The van der Waals surface area contributed by atoms with Crippen molar-refractivity contribution in [2.75, 3.05) is 0 Å². The van der Waals surface area contributed by atoms with Gasteiger partial charge in [0, 0.05) is 0 Å². The summed E-state index contributed by atoms with van der Waals surface area (Å²) in [6.07, 6.45) is 4.56. The van der Waals surface area contributed by atoms with Gasteiger partial charge >= 0.3 is 59.1 Å². The minimum Gasteiger partial charge on any atom is -0.549 e. The molecular weight excluding hydrogens is 442 g/mol. The molecule has 31 heavy (non-hydrogen) atoms. The van der Waals surface area contributed by atoms with E-state index in [0.717, 1.165) is 31.1 Å². The topological polar surface area (TPSA) is 135 Å². The van der Waals surface area contributed by atoms with Gasteiger partial charge in [-0.2, -0.15) is 8.42 Å². The molecule has 3 atom stereocenters. The van der Waals surface area contributed by atoms with Crippen molar-refractivity contribution in [2.45, 2.75) is 57.6 Å². The number of rotatable bonds is 12. The van der Waals surface area contributed by atoms with E-state index in [-0.39, 0.29) is 71.5 Å². The van der Waals surface area contributed by atoms with E-state index in [0.29, 0.717) is 12.8 Å². The number of carbonyl (C=O) groups is 2. The van der Waals surface area contributed by atoms with Crippen molar-refractivity contribution in [3.05, 3.63) is 48.0 Å². The van der Waals surface area contributed by atoms with Gasteiger partial charge in [-0.3, -0.25) is 4.55 Å². The van der Waals surface area contributed by atoms with Gasteiger partial charge in [-0.25, -0.2) is 0 Å². The molecule has 0 spiro atoms. The number of benzene rings is 1. The Morgan fingerprint density at radius 3 is 2.00 bits per heavy atom. The summed E-state index contributed by atoms with van der Waals surface area (Å²) >= 11 is 0. The quantitative estimate of drug-likeness (QED) is 0.185. The largest absolute Gasteiger partial charge is 1.00 e. The zero-order valence-electron chi connectivity index (χ0n) is 19.0. The SMILES string of the molecule is CC=CC(CC(CC)CCCC)(C(=O)[O-])C(C(=O)[O-])(c1ccccc1)S(=O)(=O)O.[Na+].[Na+]. The molecule has 0 aliphatic heterocycles. The van der Waals surface area contributed by atoms with Gasteiger partial charge in [0.25, 0.3) is 10.1 Å². The van der Waals surface area contributed by atoms with E-state index in [1.165, 1.54) is 31.2 Å². The average Bonchev–Trinajstić information content (AvgIpc) is 2.64. The molecule has 0 saturated heterocycles. The van der Waals surface area contributed by atoms with Crippen LogP contribution in [0.4, 0.5) is 0 Å². The second kappa shape index (κ2) is 14.2. The van der Waals surface area contributed by atoms with Gasteiger partial charge in [0.15, 0.2) is 4.75 Å². The molecule has 10 heteroatoms. The third-order valence-corrected chi connectivity index (χ3v) is 6.99. The van der Waals surface area contributed by atoms with Gasteiger partial charge in [0.1, 0.15) is 0 Å². The molecule has 162 valence electrons. The number of carboxylic acids is 2. The molecule has 7 nitrogen and oxygen atoms in total. The first-order valence-corrected chi connectivity index (χ1v) is 11.1. The third-order valence-electron chi connectivity index (χ3n) is 5.45. The number of carboxylic acid groups (broad SMARTS) is 2. The number of unbranched alkanes of at least 4 members (excludes halogenated alkanes) is 1. The van der Waals surface area contributed by atoms with E-state index >= 15 is 0 Å². The number of allylic oxidation sites excluding steroid dienone is 1. The fraction of sp³-hybridized carbons (Fsp3) is 0.524. The van der Waals surface area contributed by atoms with Crippen molar-refractivity contribution in [2.24, 2.45) is 11.3 Å². The average molecular weight is 470 g/mol. The number of hydrogen-bond acceptors (Lipinski definition) is 6. The monoisotopic (exact) mass is 470 g/mol. The van der Waals surface area contributed by atoms with Crippen molar-refractivity contribution < 1.29 is 91.9 Å². The van der Waals surface area contributed by atoms with E-state index in [2.05, 4.69) is 0 Å². The van der Waals surface area contributed by atoms with E-state index in [9.17, 15) is 32.8 Å². The summed E-state index contributed by atoms with van der Waals surface area (Å²) in [6.45, 7) is 5.21. The molecule has 0 fully saturated rings. The van der Waals surface area contributed by atoms with Crippen molar-refractivity contribution in [1.29, 1.82) is 0 Å². The van der Waals surface area contributed by atoms with Crippen LogP contribution in [0.25, 0.3) is 0 Å². The molecule has 0 saturated carbocycles. The number of carbonyl (C=O) groups excluding carboxylic acids is 2. The van der Waals surface area contributed by atoms with Crippen LogP contribution in [0.2, 0.25) is 0 Å². The third kappa shape index (κ3) is 6.67. The van der Waals surface area contributed by atoms with Crippen molar-refractivity contribution in [1.82, 2.24) is 0 Å². The molecular formula is C21H28Na2O7S. The van der Waals surface area contributed by atoms with E-state index in [4.69, 9.17) is 0 Å². The van der Waals surface area contributed by atoms with Gasteiger partial charge in [0.05, 0.1) is 17.4 Å². The van der Waals surface area contributed by atoms with Crippen LogP contribution < -0.4 is 69.3 Å². The minimum atomic E-state index is -5.51. The smallest absolute Gasteiger partial charge is 0.549 e. The van der Waals surface area contributed by atoms with Gasteiger partial charge < -0.3 is 19.8 Å². The Hall–Kier alpha value is -0.190. The predicted molar refractivity (Wildman–Crippen MR) is 105 cm³/mol. The predicted octanol–water partition coefficient (Wildman–Crippen LogP) is -4.55. The fourth-order valence-corrected chi connectivity index (χ4v) is 5.36. The Kier molecular flexibility index (Phi) is 15.1. The van der Waals surface area contributed by atoms with Gasteiger partial charge in [0.2, 0.25) is 0 Å². The zero-order chi connectivity index (χ0) is 22.3. The molecule has 0 bridgehead atoms. The summed E-state index contributed by atoms with van der Waals surface area (Å²) in [4.78, 5) is 24.9. The molecule has 1 aromatic carbocycles. The first kappa shape index (κ1) is 33.0. The van der Waals surface area contributed by atoms with Crippen LogP contribution in [0.15, 0.2) is 42.5 Å². The van der Waals surface area contributed by atoms with Crippen molar-refractivity contribution in [3.8, 4) is 0 Å². The molecule has 3 unspecified atom stereocenters.